The van der Waals surface area contributed by atoms with E-state index < -0.39 is 4.92 Å². The van der Waals surface area contributed by atoms with Gasteiger partial charge in [-0.25, -0.2) is 0 Å². The lowest BCUT2D eigenvalue weighted by atomic mass is 10.3. The van der Waals surface area contributed by atoms with Gasteiger partial charge in [-0.1, -0.05) is 0 Å². The molecule has 0 saturated heterocycles. The van der Waals surface area contributed by atoms with Crippen molar-refractivity contribution in [1.29, 1.82) is 0 Å². The fourth-order valence-corrected chi connectivity index (χ4v) is 1.43. The topological polar surface area (TPSA) is 95.8 Å². The van der Waals surface area contributed by atoms with Gasteiger partial charge >= 0.3 is 5.69 Å². The minimum Gasteiger partial charge on any atom is -0.481 e. The van der Waals surface area contributed by atoms with Crippen molar-refractivity contribution in [1.82, 2.24) is 4.98 Å². The molecule has 0 aromatic carbocycles. The van der Waals surface area contributed by atoms with E-state index in [1.54, 1.807) is 14.2 Å². The zero-order chi connectivity index (χ0) is 14.3. The Labute approximate surface area is 110 Å². The number of anilines is 1. The van der Waals surface area contributed by atoms with Gasteiger partial charge in [-0.3, -0.25) is 10.1 Å². The van der Waals surface area contributed by atoms with Crippen molar-refractivity contribution in [2.75, 3.05) is 39.8 Å². The van der Waals surface area contributed by atoms with Crippen molar-refractivity contribution in [2.24, 2.45) is 0 Å². The van der Waals surface area contributed by atoms with Crippen LogP contribution in [0.1, 0.15) is 0 Å². The van der Waals surface area contributed by atoms with Gasteiger partial charge in [-0.05, 0) is 0 Å². The van der Waals surface area contributed by atoms with Crippen LogP contribution in [0.3, 0.4) is 0 Å². The predicted molar refractivity (Wildman–Crippen MR) is 68.6 cm³/mol. The van der Waals surface area contributed by atoms with Crippen LogP contribution in [0.5, 0.6) is 5.88 Å². The Bertz CT molecular complexity index is 427. The maximum absolute atomic E-state index is 10.9. The number of aromatic nitrogens is 1. The van der Waals surface area contributed by atoms with E-state index in [2.05, 4.69) is 10.3 Å². The van der Waals surface area contributed by atoms with E-state index in [4.69, 9.17) is 14.2 Å². The Balaban J connectivity index is 2.82. The molecule has 0 amide bonds. The van der Waals surface area contributed by atoms with Gasteiger partial charge in [-0.2, -0.15) is 4.98 Å². The van der Waals surface area contributed by atoms with Crippen LogP contribution in [0.25, 0.3) is 0 Å². The molecule has 0 spiro atoms. The Morgan fingerprint density at radius 2 is 2.16 bits per heavy atom. The highest BCUT2D eigenvalue weighted by molar-refractivity contribution is 5.57. The Hall–Kier alpha value is -1.93. The summed E-state index contributed by atoms with van der Waals surface area (Å²) in [5, 5.41) is 13.8. The first kappa shape index (κ1) is 15.1. The van der Waals surface area contributed by atoms with Crippen molar-refractivity contribution < 1.29 is 19.1 Å². The van der Waals surface area contributed by atoms with Gasteiger partial charge in [0.2, 0.25) is 11.7 Å². The Kier molecular flexibility index (Phi) is 5.97. The molecule has 0 aliphatic rings. The summed E-state index contributed by atoms with van der Waals surface area (Å²) in [6.07, 6.45) is -0.224. The van der Waals surface area contributed by atoms with Gasteiger partial charge in [0.15, 0.2) is 0 Å². The normalized spacial score (nSPS) is 11.9. The standard InChI is InChI=1S/C11H17N3O5/c1-17-7-8(18-2)6-12-11-9(14(15)16)4-5-10(13-11)19-3/h4-5,8H,6-7H2,1-3H3,(H,12,13). The van der Waals surface area contributed by atoms with E-state index in [1.807, 2.05) is 0 Å². The Morgan fingerprint density at radius 3 is 2.68 bits per heavy atom. The third-order valence-corrected chi connectivity index (χ3v) is 2.44. The molecule has 0 bridgehead atoms. The smallest absolute Gasteiger partial charge is 0.311 e. The van der Waals surface area contributed by atoms with E-state index >= 15 is 0 Å². The third kappa shape index (κ3) is 4.34. The zero-order valence-corrected chi connectivity index (χ0v) is 11.1. The molecule has 1 N–H and O–H groups in total. The van der Waals surface area contributed by atoms with Crippen molar-refractivity contribution in [2.45, 2.75) is 6.10 Å². The molecule has 106 valence electrons. The first-order valence-corrected chi connectivity index (χ1v) is 5.57. The van der Waals surface area contributed by atoms with Crippen molar-refractivity contribution in [3.8, 4) is 5.88 Å². The van der Waals surface area contributed by atoms with Gasteiger partial charge in [-0.15, -0.1) is 0 Å². The second-order valence-corrected chi connectivity index (χ2v) is 3.67. The van der Waals surface area contributed by atoms with Gasteiger partial charge in [0, 0.05) is 32.9 Å². The molecule has 8 heteroatoms. The van der Waals surface area contributed by atoms with Crippen LogP contribution in [0.2, 0.25) is 0 Å². The minimum atomic E-state index is -0.507. The Morgan fingerprint density at radius 1 is 1.42 bits per heavy atom. The summed E-state index contributed by atoms with van der Waals surface area (Å²) in [7, 11) is 4.54. The van der Waals surface area contributed by atoms with Crippen LogP contribution < -0.4 is 10.1 Å². The summed E-state index contributed by atoms with van der Waals surface area (Å²) in [6.45, 7) is 0.715. The molecule has 0 aliphatic heterocycles. The number of nitro groups is 1. The number of hydrogen-bond donors (Lipinski definition) is 1. The molecule has 1 aromatic heterocycles. The average molecular weight is 271 g/mol. The molecule has 1 atom stereocenters. The van der Waals surface area contributed by atoms with E-state index in [-0.39, 0.29) is 17.6 Å². The first-order valence-electron chi connectivity index (χ1n) is 5.57. The molecule has 0 radical (unpaired) electrons. The van der Waals surface area contributed by atoms with Crippen LogP contribution in [-0.4, -0.2) is 50.5 Å². The minimum absolute atomic E-state index is 0.118. The van der Waals surface area contributed by atoms with Gasteiger partial charge in [0.25, 0.3) is 0 Å². The maximum atomic E-state index is 10.9. The van der Waals surface area contributed by atoms with Crippen LogP contribution in [-0.2, 0) is 9.47 Å². The summed E-state index contributed by atoms with van der Waals surface area (Å²) in [4.78, 5) is 14.4. The number of nitrogens with zero attached hydrogens (tertiary/aromatic N) is 2. The number of ether oxygens (including phenoxy) is 3. The molecule has 8 nitrogen and oxygen atoms in total. The summed E-state index contributed by atoms with van der Waals surface area (Å²) < 4.78 is 15.1. The van der Waals surface area contributed by atoms with Crippen LogP contribution in [0.15, 0.2) is 12.1 Å². The molecule has 1 aromatic rings. The van der Waals surface area contributed by atoms with Gasteiger partial charge in [0.1, 0.15) is 0 Å². The second-order valence-electron chi connectivity index (χ2n) is 3.67. The van der Waals surface area contributed by atoms with Crippen LogP contribution >= 0.6 is 0 Å². The molecule has 0 aliphatic carbocycles. The zero-order valence-electron chi connectivity index (χ0n) is 11.1. The highest BCUT2D eigenvalue weighted by Gasteiger charge is 2.17. The lowest BCUT2D eigenvalue weighted by molar-refractivity contribution is -0.384. The first-order chi connectivity index (χ1) is 9.12. The van der Waals surface area contributed by atoms with E-state index in [1.165, 1.54) is 19.2 Å². The van der Waals surface area contributed by atoms with Crippen LogP contribution in [0, 0.1) is 10.1 Å². The molecule has 1 rings (SSSR count). The SMILES string of the molecule is COCC(CNc1nc(OC)ccc1[N+](=O)[O-])OC. The number of rotatable bonds is 8. The van der Waals surface area contributed by atoms with E-state index in [9.17, 15) is 10.1 Å². The number of methoxy groups -OCH3 is 3. The highest BCUT2D eigenvalue weighted by Crippen LogP contribution is 2.24. The van der Waals surface area contributed by atoms with Gasteiger partial charge < -0.3 is 19.5 Å². The predicted octanol–water partition coefficient (Wildman–Crippen LogP) is 1.07. The summed E-state index contributed by atoms with van der Waals surface area (Å²) >= 11 is 0. The van der Waals surface area contributed by atoms with E-state index in [0.717, 1.165) is 0 Å². The number of pyridine rings is 1. The fraction of sp³-hybridized carbons (Fsp3) is 0.545. The van der Waals surface area contributed by atoms with Crippen molar-refractivity contribution in [3.05, 3.63) is 22.2 Å². The van der Waals surface area contributed by atoms with Gasteiger partial charge in [0.05, 0.1) is 24.7 Å². The summed E-state index contributed by atoms with van der Waals surface area (Å²) in [5.41, 5.74) is -0.118. The highest BCUT2D eigenvalue weighted by atomic mass is 16.6. The third-order valence-electron chi connectivity index (χ3n) is 2.44. The second kappa shape index (κ2) is 7.49. The molecule has 1 heterocycles. The average Bonchev–Trinajstić information content (AvgIpc) is 2.42. The lowest BCUT2D eigenvalue weighted by Crippen LogP contribution is -2.27. The van der Waals surface area contributed by atoms with E-state index in [0.29, 0.717) is 19.0 Å². The molecular formula is C11H17N3O5. The molecule has 0 fully saturated rings. The summed E-state index contributed by atoms with van der Waals surface area (Å²) in [5.74, 6) is 0.441. The molecule has 0 saturated carbocycles. The quantitative estimate of drug-likeness (QED) is 0.558. The van der Waals surface area contributed by atoms with Crippen molar-refractivity contribution in [3.63, 3.8) is 0 Å². The fourth-order valence-electron chi connectivity index (χ4n) is 1.43. The number of nitrogens with one attached hydrogen (secondary N) is 1. The van der Waals surface area contributed by atoms with Crippen molar-refractivity contribution >= 4 is 11.5 Å². The summed E-state index contributed by atoms with van der Waals surface area (Å²) in [6, 6.07) is 2.78. The maximum Gasteiger partial charge on any atom is 0.311 e. The number of hydrogen-bond acceptors (Lipinski definition) is 7. The molecule has 19 heavy (non-hydrogen) atoms. The molecule has 1 unspecified atom stereocenters. The molecular weight excluding hydrogens is 254 g/mol. The monoisotopic (exact) mass is 271 g/mol. The largest absolute Gasteiger partial charge is 0.481 e. The lowest BCUT2D eigenvalue weighted by Gasteiger charge is -2.15. The van der Waals surface area contributed by atoms with Crippen LogP contribution in [0.4, 0.5) is 11.5 Å².